The zero-order valence-electron chi connectivity index (χ0n) is 17.3. The van der Waals surface area contributed by atoms with E-state index in [1.807, 2.05) is 0 Å². The summed E-state index contributed by atoms with van der Waals surface area (Å²) in [5, 5.41) is 12.4. The van der Waals surface area contributed by atoms with Gasteiger partial charge in [-0.1, -0.05) is 29.8 Å². The molecule has 3 aromatic rings. The number of nitrogens with one attached hydrogen (secondary N) is 1. The molecule has 1 amide bonds. The van der Waals surface area contributed by atoms with Gasteiger partial charge in [-0.25, -0.2) is 9.18 Å². The van der Waals surface area contributed by atoms with Gasteiger partial charge in [0.15, 0.2) is 6.61 Å². The lowest BCUT2D eigenvalue weighted by Gasteiger charge is -2.14. The van der Waals surface area contributed by atoms with Gasteiger partial charge in [-0.05, 0) is 30.3 Å². The summed E-state index contributed by atoms with van der Waals surface area (Å²) in [4.78, 5) is 37.8. The number of aliphatic hydroxyl groups excluding tert-OH is 1. The molecule has 33 heavy (non-hydrogen) atoms. The molecule has 3 rings (SSSR count). The minimum Gasteiger partial charge on any atom is -0.484 e. The number of carbonyl (C=O) groups is 1. The second kappa shape index (κ2) is 10.7. The van der Waals surface area contributed by atoms with E-state index in [1.165, 1.54) is 34.9 Å². The first kappa shape index (κ1) is 24.5. The monoisotopic (exact) mass is 495 g/mol. The zero-order chi connectivity index (χ0) is 24.1. The van der Waals surface area contributed by atoms with Crippen LogP contribution in [0.3, 0.4) is 0 Å². The van der Waals surface area contributed by atoms with Crippen molar-refractivity contribution in [3.05, 3.63) is 85.4 Å². The molecule has 11 heteroatoms. The van der Waals surface area contributed by atoms with Crippen LogP contribution in [-0.2, 0) is 17.9 Å². The lowest BCUT2D eigenvalue weighted by atomic mass is 10.2. The normalized spacial score (nSPS) is 10.9. The molecule has 1 aromatic heterocycles. The number of allylic oxidation sites excluding steroid dienone is 1. The van der Waals surface area contributed by atoms with E-state index in [0.29, 0.717) is 10.5 Å². The van der Waals surface area contributed by atoms with Crippen molar-refractivity contribution in [3.63, 3.8) is 0 Å². The first-order valence-electron chi connectivity index (χ1n) is 9.80. The van der Waals surface area contributed by atoms with Crippen molar-refractivity contribution in [1.29, 1.82) is 0 Å². The van der Waals surface area contributed by atoms with E-state index in [-0.39, 0.29) is 48.0 Å². The molecule has 0 atom stereocenters. The lowest BCUT2D eigenvalue weighted by molar-refractivity contribution is -0.122. The Hall–Kier alpha value is -3.14. The smallest absolute Gasteiger partial charge is 0.331 e. The summed E-state index contributed by atoms with van der Waals surface area (Å²) in [7, 11) is 0. The van der Waals surface area contributed by atoms with Gasteiger partial charge in [0.05, 0.1) is 29.1 Å². The number of nitrogens with zero attached hydrogens (tertiary/aromatic N) is 2. The predicted octanol–water partition coefficient (Wildman–Crippen LogP) is 2.70. The molecular formula is C22H20Cl2FN3O5. The van der Waals surface area contributed by atoms with E-state index in [1.54, 1.807) is 0 Å². The van der Waals surface area contributed by atoms with E-state index in [4.69, 9.17) is 27.9 Å². The summed E-state index contributed by atoms with van der Waals surface area (Å²) < 4.78 is 20.9. The van der Waals surface area contributed by atoms with Crippen molar-refractivity contribution in [2.75, 3.05) is 13.2 Å². The molecule has 2 aromatic carbocycles. The van der Waals surface area contributed by atoms with Crippen LogP contribution < -0.4 is 21.3 Å². The fraction of sp³-hybridized carbons (Fsp3) is 0.227. The summed E-state index contributed by atoms with van der Waals surface area (Å²) in [5.74, 6) is -1.09. The molecule has 0 unspecified atom stereocenters. The van der Waals surface area contributed by atoms with Crippen LogP contribution >= 0.6 is 23.2 Å². The topological polar surface area (TPSA) is 103 Å². The average molecular weight is 496 g/mol. The average Bonchev–Trinajstić information content (AvgIpc) is 2.77. The number of halogens is 3. The van der Waals surface area contributed by atoms with Gasteiger partial charge in [-0.15, -0.1) is 0 Å². The number of hydrogen-bond donors (Lipinski definition) is 2. The van der Waals surface area contributed by atoms with Gasteiger partial charge in [0, 0.05) is 29.8 Å². The number of carbonyl (C=O) groups excluding carboxylic acids is 1. The molecule has 8 nitrogen and oxygen atoms in total. The number of amides is 1. The van der Waals surface area contributed by atoms with Gasteiger partial charge in [-0.2, -0.15) is 0 Å². The molecule has 0 aliphatic carbocycles. The third kappa shape index (κ3) is 5.81. The lowest BCUT2D eigenvalue weighted by Crippen LogP contribution is -2.41. The van der Waals surface area contributed by atoms with Crippen LogP contribution in [0, 0.1) is 5.82 Å². The molecule has 0 saturated carbocycles. The van der Waals surface area contributed by atoms with Gasteiger partial charge < -0.3 is 15.2 Å². The highest BCUT2D eigenvalue weighted by Gasteiger charge is 2.14. The van der Waals surface area contributed by atoms with Crippen LogP contribution in [0.25, 0.3) is 10.9 Å². The van der Waals surface area contributed by atoms with Gasteiger partial charge in [0.25, 0.3) is 11.5 Å². The van der Waals surface area contributed by atoms with Crippen molar-refractivity contribution in [2.45, 2.75) is 19.5 Å². The Morgan fingerprint density at radius 1 is 1.12 bits per heavy atom. The summed E-state index contributed by atoms with van der Waals surface area (Å²) in [5.41, 5.74) is -0.558. The third-order valence-electron chi connectivity index (χ3n) is 4.73. The van der Waals surface area contributed by atoms with E-state index < -0.39 is 29.6 Å². The maximum Gasteiger partial charge on any atom is 0.331 e. The van der Waals surface area contributed by atoms with E-state index in [9.17, 15) is 23.9 Å². The summed E-state index contributed by atoms with van der Waals surface area (Å²) in [6, 6.07) is 8.32. The van der Waals surface area contributed by atoms with Crippen LogP contribution in [0.1, 0.15) is 6.42 Å². The van der Waals surface area contributed by atoms with Crippen molar-refractivity contribution < 1.29 is 19.0 Å². The molecule has 0 bridgehead atoms. The van der Waals surface area contributed by atoms with Gasteiger partial charge in [0.2, 0.25) is 0 Å². The Kier molecular flexibility index (Phi) is 7.91. The van der Waals surface area contributed by atoms with E-state index >= 15 is 0 Å². The van der Waals surface area contributed by atoms with Gasteiger partial charge in [0.1, 0.15) is 11.6 Å². The van der Waals surface area contributed by atoms with Crippen LogP contribution in [-0.4, -0.2) is 33.4 Å². The second-order valence-electron chi connectivity index (χ2n) is 7.04. The highest BCUT2D eigenvalue weighted by Crippen LogP contribution is 2.20. The maximum atomic E-state index is 13.4. The Bertz CT molecular complexity index is 1340. The number of aliphatic hydroxyl groups is 1. The molecule has 0 aliphatic heterocycles. The summed E-state index contributed by atoms with van der Waals surface area (Å²) in [6.07, 6.45) is 0.0919. The Balaban J connectivity index is 1.68. The molecule has 2 N–H and O–H groups in total. The first-order chi connectivity index (χ1) is 15.7. The summed E-state index contributed by atoms with van der Waals surface area (Å²) >= 11 is 11.6. The van der Waals surface area contributed by atoms with Crippen molar-refractivity contribution >= 4 is 40.0 Å². The minimum atomic E-state index is -0.672. The molecule has 174 valence electrons. The number of fused-ring (bicyclic) bond motifs is 1. The highest BCUT2D eigenvalue weighted by atomic mass is 35.5. The third-order valence-corrected chi connectivity index (χ3v) is 5.27. The molecule has 0 fully saturated rings. The highest BCUT2D eigenvalue weighted by molar-refractivity contribution is 6.31. The molecule has 1 heterocycles. The number of hydrogen-bond acceptors (Lipinski definition) is 5. The Morgan fingerprint density at radius 2 is 1.88 bits per heavy atom. The second-order valence-corrected chi connectivity index (χ2v) is 7.89. The quantitative estimate of drug-likeness (QED) is 0.475. The van der Waals surface area contributed by atoms with Gasteiger partial charge in [-0.3, -0.25) is 18.7 Å². The number of aromatic nitrogens is 2. The Labute approximate surface area is 197 Å². The van der Waals surface area contributed by atoms with Crippen LogP contribution in [0.15, 0.2) is 58.3 Å². The maximum absolute atomic E-state index is 13.4. The summed E-state index contributed by atoms with van der Waals surface area (Å²) in [6.45, 7) is 2.96. The molecule has 0 aliphatic rings. The van der Waals surface area contributed by atoms with Crippen LogP contribution in [0.2, 0.25) is 10.0 Å². The largest absolute Gasteiger partial charge is 0.484 e. The van der Waals surface area contributed by atoms with Crippen LogP contribution in [0.4, 0.5) is 4.39 Å². The molecule has 0 radical (unpaired) electrons. The van der Waals surface area contributed by atoms with Crippen LogP contribution in [0.5, 0.6) is 5.75 Å². The molecular weight excluding hydrogens is 476 g/mol. The van der Waals surface area contributed by atoms with Crippen molar-refractivity contribution in [2.24, 2.45) is 0 Å². The van der Waals surface area contributed by atoms with Gasteiger partial charge >= 0.3 is 5.69 Å². The standard InChI is InChI=1S/C22H20Cl2FN3O5/c1-13(26-20(30)12-33-15-3-5-17(24)18(25)11-15)6-7-28-21(31)16-4-2-14(23)10-19(16)27(8-9-29)22(28)32/h2-5,10-11,29H,1,6-9,12H2,(H,26,30). The zero-order valence-corrected chi connectivity index (χ0v) is 18.8. The number of benzene rings is 2. The number of rotatable bonds is 9. The first-order valence-corrected chi connectivity index (χ1v) is 10.6. The Morgan fingerprint density at radius 3 is 2.58 bits per heavy atom. The van der Waals surface area contributed by atoms with Crippen molar-refractivity contribution in [1.82, 2.24) is 14.5 Å². The number of ether oxygens (including phenoxy) is 1. The minimum absolute atomic E-state index is 0.0176. The van der Waals surface area contributed by atoms with E-state index in [2.05, 4.69) is 11.9 Å². The molecule has 0 saturated heterocycles. The van der Waals surface area contributed by atoms with Crippen molar-refractivity contribution in [3.8, 4) is 5.75 Å². The van der Waals surface area contributed by atoms with E-state index in [0.717, 1.165) is 10.6 Å². The fourth-order valence-corrected chi connectivity index (χ4v) is 3.45. The molecule has 0 spiro atoms. The fourth-order valence-electron chi connectivity index (χ4n) is 3.16. The SMILES string of the molecule is C=C(CCn1c(=O)c2ccc(Cl)cc2n(CCO)c1=O)NC(=O)COc1ccc(Cl)c(F)c1. The predicted molar refractivity (Wildman–Crippen MR) is 123 cm³/mol.